The van der Waals surface area contributed by atoms with E-state index in [0.717, 1.165) is 10.5 Å². The molecule has 0 atom stereocenters. The summed E-state index contributed by atoms with van der Waals surface area (Å²) >= 11 is 14.9. The normalized spacial score (nSPS) is 10.7. The Kier molecular flexibility index (Phi) is 6.53. The molecule has 0 aliphatic rings. The van der Waals surface area contributed by atoms with E-state index in [1.807, 2.05) is 5.38 Å². The van der Waals surface area contributed by atoms with Crippen LogP contribution in [0.5, 0.6) is 0 Å². The Morgan fingerprint density at radius 2 is 1.96 bits per heavy atom. The number of rotatable bonds is 6. The Labute approximate surface area is 168 Å². The number of hydrogen-bond acceptors (Lipinski definition) is 4. The van der Waals surface area contributed by atoms with Gasteiger partial charge in [-0.2, -0.15) is 0 Å². The van der Waals surface area contributed by atoms with Gasteiger partial charge in [0.2, 0.25) is 5.91 Å². The number of aromatic nitrogens is 1. The lowest BCUT2D eigenvalue weighted by atomic mass is 10.2. The van der Waals surface area contributed by atoms with Crippen LogP contribution in [0.1, 0.15) is 6.42 Å². The first-order chi connectivity index (χ1) is 12.5. The van der Waals surface area contributed by atoms with E-state index in [2.05, 4.69) is 10.3 Å². The van der Waals surface area contributed by atoms with Crippen molar-refractivity contribution in [1.82, 2.24) is 4.98 Å². The number of carbonyl (C=O) groups is 1. The molecule has 3 nitrogen and oxygen atoms in total. The van der Waals surface area contributed by atoms with Crippen molar-refractivity contribution in [3.63, 3.8) is 0 Å². The van der Waals surface area contributed by atoms with Gasteiger partial charge in [0.15, 0.2) is 5.13 Å². The highest BCUT2D eigenvalue weighted by molar-refractivity contribution is 7.99. The van der Waals surface area contributed by atoms with Gasteiger partial charge in [-0.1, -0.05) is 23.2 Å². The summed E-state index contributed by atoms with van der Waals surface area (Å²) in [5.74, 6) is 0.203. The second-order valence-corrected chi connectivity index (χ2v) is 8.13. The van der Waals surface area contributed by atoms with Gasteiger partial charge >= 0.3 is 0 Å². The van der Waals surface area contributed by atoms with E-state index in [1.54, 1.807) is 30.3 Å². The first kappa shape index (κ1) is 19.2. The molecule has 26 heavy (non-hydrogen) atoms. The largest absolute Gasteiger partial charge is 0.302 e. The van der Waals surface area contributed by atoms with Crippen LogP contribution in [0, 0.1) is 5.82 Å². The summed E-state index contributed by atoms with van der Waals surface area (Å²) in [5, 5.41) is 6.20. The fraction of sp³-hybridized carbons (Fsp3) is 0.111. The molecule has 8 heteroatoms. The van der Waals surface area contributed by atoms with Crippen LogP contribution in [-0.4, -0.2) is 16.6 Å². The average Bonchev–Trinajstić information content (AvgIpc) is 3.04. The molecule has 134 valence electrons. The molecule has 0 saturated heterocycles. The van der Waals surface area contributed by atoms with Gasteiger partial charge in [-0.05, 0) is 42.5 Å². The molecule has 3 aromatic rings. The Morgan fingerprint density at radius 3 is 2.69 bits per heavy atom. The average molecular weight is 427 g/mol. The van der Waals surface area contributed by atoms with Crippen LogP contribution in [0.3, 0.4) is 0 Å². The summed E-state index contributed by atoms with van der Waals surface area (Å²) in [6, 6.07) is 11.4. The van der Waals surface area contributed by atoms with Crippen molar-refractivity contribution in [1.29, 1.82) is 0 Å². The third kappa shape index (κ3) is 5.20. The Morgan fingerprint density at radius 1 is 1.19 bits per heavy atom. The van der Waals surface area contributed by atoms with Crippen LogP contribution in [0.15, 0.2) is 52.7 Å². The molecular weight excluding hydrogens is 414 g/mol. The zero-order valence-corrected chi connectivity index (χ0v) is 16.5. The molecule has 1 amide bonds. The summed E-state index contributed by atoms with van der Waals surface area (Å²) in [6.45, 7) is 0. The van der Waals surface area contributed by atoms with Crippen molar-refractivity contribution < 1.29 is 9.18 Å². The fourth-order valence-corrected chi connectivity index (χ4v) is 4.21. The van der Waals surface area contributed by atoms with Gasteiger partial charge in [0, 0.05) is 33.0 Å². The van der Waals surface area contributed by atoms with Crippen molar-refractivity contribution in [3.05, 3.63) is 63.7 Å². The fourth-order valence-electron chi connectivity index (χ4n) is 2.13. The van der Waals surface area contributed by atoms with E-state index >= 15 is 0 Å². The number of thioether (sulfide) groups is 1. The molecule has 1 heterocycles. The van der Waals surface area contributed by atoms with Gasteiger partial charge in [-0.15, -0.1) is 23.1 Å². The number of nitrogens with one attached hydrogen (secondary N) is 1. The van der Waals surface area contributed by atoms with Crippen LogP contribution < -0.4 is 5.32 Å². The molecule has 2 aromatic carbocycles. The molecule has 0 fully saturated rings. The monoisotopic (exact) mass is 426 g/mol. The number of hydrogen-bond donors (Lipinski definition) is 1. The molecule has 0 unspecified atom stereocenters. The molecule has 0 radical (unpaired) electrons. The smallest absolute Gasteiger partial charge is 0.226 e. The maximum Gasteiger partial charge on any atom is 0.226 e. The number of nitrogens with zero attached hydrogens (tertiary/aromatic N) is 1. The van der Waals surface area contributed by atoms with E-state index in [4.69, 9.17) is 23.2 Å². The van der Waals surface area contributed by atoms with Gasteiger partial charge in [0.25, 0.3) is 0 Å². The standard InChI is InChI=1S/C18H13Cl2FN2OS2/c19-11-1-6-14(15(20)9-11)16-10-26-18(22-16)23-17(24)7-8-25-13-4-2-12(21)3-5-13/h1-6,9-10H,7-8H2,(H,22,23,24). The molecule has 1 N–H and O–H groups in total. The first-order valence-corrected chi connectivity index (χ1v) is 10.2. The zero-order chi connectivity index (χ0) is 18.5. The summed E-state index contributed by atoms with van der Waals surface area (Å²) in [4.78, 5) is 17.4. The molecule has 0 spiro atoms. The van der Waals surface area contributed by atoms with Crippen LogP contribution >= 0.6 is 46.3 Å². The minimum absolute atomic E-state index is 0.122. The van der Waals surface area contributed by atoms with Crippen LogP contribution in [0.2, 0.25) is 10.0 Å². The summed E-state index contributed by atoms with van der Waals surface area (Å²) in [6.07, 6.45) is 0.332. The Hall–Kier alpha value is -1.60. The topological polar surface area (TPSA) is 42.0 Å². The quantitative estimate of drug-likeness (QED) is 0.465. The van der Waals surface area contributed by atoms with Gasteiger partial charge in [-0.25, -0.2) is 9.37 Å². The third-order valence-electron chi connectivity index (χ3n) is 3.37. The lowest BCUT2D eigenvalue weighted by Gasteiger charge is -2.03. The Bertz CT molecular complexity index is 916. The number of benzene rings is 2. The summed E-state index contributed by atoms with van der Waals surface area (Å²) in [5.41, 5.74) is 1.45. The number of carbonyl (C=O) groups excluding carboxylic acids is 1. The third-order valence-corrected chi connectivity index (χ3v) is 5.69. The van der Waals surface area contributed by atoms with Crippen LogP contribution in [0.25, 0.3) is 11.3 Å². The molecule has 3 rings (SSSR count). The van der Waals surface area contributed by atoms with Gasteiger partial charge in [0.05, 0.1) is 10.7 Å². The highest BCUT2D eigenvalue weighted by Gasteiger charge is 2.11. The Balaban J connectivity index is 1.53. The molecule has 0 aliphatic heterocycles. The van der Waals surface area contributed by atoms with Crippen molar-refractivity contribution in [2.24, 2.45) is 0 Å². The van der Waals surface area contributed by atoms with E-state index < -0.39 is 0 Å². The molecular formula is C18H13Cl2FN2OS2. The predicted molar refractivity (Wildman–Crippen MR) is 108 cm³/mol. The lowest BCUT2D eigenvalue weighted by Crippen LogP contribution is -2.11. The van der Waals surface area contributed by atoms with E-state index in [0.29, 0.717) is 33.0 Å². The highest BCUT2D eigenvalue weighted by Crippen LogP contribution is 2.32. The van der Waals surface area contributed by atoms with Crippen molar-refractivity contribution >= 4 is 57.3 Å². The van der Waals surface area contributed by atoms with Gasteiger partial charge in [0.1, 0.15) is 5.82 Å². The maximum atomic E-state index is 12.9. The van der Waals surface area contributed by atoms with Crippen molar-refractivity contribution in [2.75, 3.05) is 11.1 Å². The summed E-state index contributed by atoms with van der Waals surface area (Å²) in [7, 11) is 0. The van der Waals surface area contributed by atoms with Crippen LogP contribution in [-0.2, 0) is 4.79 Å². The predicted octanol–water partition coefficient (Wildman–Crippen LogP) is 6.38. The highest BCUT2D eigenvalue weighted by atomic mass is 35.5. The van der Waals surface area contributed by atoms with E-state index in [1.165, 1.54) is 35.2 Å². The zero-order valence-electron chi connectivity index (χ0n) is 13.3. The van der Waals surface area contributed by atoms with Crippen LogP contribution in [0.4, 0.5) is 9.52 Å². The molecule has 0 bridgehead atoms. The van der Waals surface area contributed by atoms with E-state index in [-0.39, 0.29) is 11.7 Å². The van der Waals surface area contributed by atoms with Crippen molar-refractivity contribution in [3.8, 4) is 11.3 Å². The number of thiazole rings is 1. The minimum Gasteiger partial charge on any atom is -0.302 e. The van der Waals surface area contributed by atoms with Gasteiger partial charge < -0.3 is 5.32 Å². The van der Waals surface area contributed by atoms with Crippen molar-refractivity contribution in [2.45, 2.75) is 11.3 Å². The SMILES string of the molecule is O=C(CCSc1ccc(F)cc1)Nc1nc(-c2ccc(Cl)cc2Cl)cs1. The number of anilines is 1. The second kappa shape index (κ2) is 8.86. The molecule has 0 aliphatic carbocycles. The maximum absolute atomic E-state index is 12.9. The van der Waals surface area contributed by atoms with E-state index in [9.17, 15) is 9.18 Å². The summed E-state index contributed by atoms with van der Waals surface area (Å²) < 4.78 is 12.9. The first-order valence-electron chi connectivity index (χ1n) is 7.60. The molecule has 0 saturated carbocycles. The van der Waals surface area contributed by atoms with Gasteiger partial charge in [-0.3, -0.25) is 4.79 Å². The molecule has 1 aromatic heterocycles. The number of amides is 1. The second-order valence-electron chi connectivity index (χ2n) is 5.26. The lowest BCUT2D eigenvalue weighted by molar-refractivity contribution is -0.115. The number of halogens is 3. The minimum atomic E-state index is -0.271.